The first-order valence-electron chi connectivity index (χ1n) is 6.83. The Kier molecular flexibility index (Phi) is 4.42. The highest BCUT2D eigenvalue weighted by Gasteiger charge is 2.48. The second kappa shape index (κ2) is 5.83. The molecule has 1 aromatic carbocycles. The molecule has 1 fully saturated rings. The van der Waals surface area contributed by atoms with E-state index >= 15 is 4.39 Å². The van der Waals surface area contributed by atoms with Crippen molar-refractivity contribution < 1.29 is 27.1 Å². The van der Waals surface area contributed by atoms with Gasteiger partial charge in [0.2, 0.25) is 14.8 Å². The molecule has 1 N–H and O–H groups in total. The summed E-state index contributed by atoms with van der Waals surface area (Å²) in [5.74, 6) is -1.59. The molecule has 1 amide bonds. The molecule has 1 heterocycles. The number of carbonyl (C=O) groups is 1. The molecule has 1 atom stereocenters. The molecule has 0 saturated carbocycles. The summed E-state index contributed by atoms with van der Waals surface area (Å²) in [5.41, 5.74) is 0. The fourth-order valence-corrected chi connectivity index (χ4v) is 4.33. The Bertz CT molecular complexity index is 667. The fraction of sp³-hybridized carbons (Fsp3) is 0.500. The molecule has 1 unspecified atom stereocenters. The molecule has 0 aliphatic carbocycles. The molecular formula is C14H17F2NO4S. The van der Waals surface area contributed by atoms with Crippen molar-refractivity contribution in [3.63, 3.8) is 0 Å². The lowest BCUT2D eigenvalue weighted by molar-refractivity contribution is 0.0913. The third-order valence-corrected chi connectivity index (χ3v) is 6.39. The van der Waals surface area contributed by atoms with Crippen LogP contribution in [0.1, 0.15) is 19.8 Å². The van der Waals surface area contributed by atoms with Gasteiger partial charge in [-0.3, -0.25) is 0 Å². The van der Waals surface area contributed by atoms with Gasteiger partial charge in [0.25, 0.3) is 0 Å². The predicted octanol–water partition coefficient (Wildman–Crippen LogP) is 2.68. The average molecular weight is 333 g/mol. The number of piperidine rings is 1. The number of hydrogen-bond donors (Lipinski definition) is 1. The van der Waals surface area contributed by atoms with Gasteiger partial charge in [0.15, 0.2) is 0 Å². The molecule has 1 aromatic rings. The number of rotatable bonds is 3. The number of likely N-dealkylation sites (tertiary alicyclic amines) is 1. The van der Waals surface area contributed by atoms with E-state index in [4.69, 9.17) is 5.11 Å². The second-order valence-electron chi connectivity index (χ2n) is 5.49. The number of amides is 1. The minimum Gasteiger partial charge on any atom is -0.465 e. The Balaban J connectivity index is 2.24. The number of nitrogens with zero attached hydrogens (tertiary/aromatic N) is 1. The van der Waals surface area contributed by atoms with Crippen molar-refractivity contribution in [2.75, 3.05) is 13.1 Å². The lowest BCUT2D eigenvalue weighted by atomic mass is 9.92. The molecular weight excluding hydrogens is 316 g/mol. The summed E-state index contributed by atoms with van der Waals surface area (Å²) in [4.78, 5) is 11.6. The highest BCUT2D eigenvalue weighted by molar-refractivity contribution is 7.92. The topological polar surface area (TPSA) is 74.7 Å². The second-order valence-corrected chi connectivity index (χ2v) is 7.77. The minimum absolute atomic E-state index is 0.0815. The van der Waals surface area contributed by atoms with Crippen LogP contribution >= 0.6 is 0 Å². The molecule has 0 spiro atoms. The minimum atomic E-state index is -4.37. The molecule has 5 nitrogen and oxygen atoms in total. The van der Waals surface area contributed by atoms with E-state index in [1.54, 1.807) is 0 Å². The Labute approximate surface area is 127 Å². The van der Waals surface area contributed by atoms with Crippen LogP contribution in [0.3, 0.4) is 0 Å². The number of benzene rings is 1. The standard InChI is InChI=1S/C14H17F2NO4S/c1-14(16,10-5-7-17(8-6-10)13(18)19)22(20,21)12-4-2-3-11(15)9-12/h2-4,9-10H,5-8H2,1H3,(H,18,19). The Hall–Kier alpha value is -1.70. The highest BCUT2D eigenvalue weighted by Crippen LogP contribution is 2.39. The number of carboxylic acid groups (broad SMARTS) is 1. The largest absolute Gasteiger partial charge is 0.465 e. The highest BCUT2D eigenvalue weighted by atomic mass is 32.2. The zero-order chi connectivity index (χ0) is 16.5. The van der Waals surface area contributed by atoms with Gasteiger partial charge in [-0.25, -0.2) is 22.0 Å². The van der Waals surface area contributed by atoms with Crippen molar-refractivity contribution in [2.45, 2.75) is 29.7 Å². The normalized spacial score (nSPS) is 19.7. The summed E-state index contributed by atoms with van der Waals surface area (Å²) in [6, 6.07) is 4.24. The van der Waals surface area contributed by atoms with Crippen LogP contribution in [-0.4, -0.2) is 42.6 Å². The Morgan fingerprint density at radius 1 is 1.36 bits per heavy atom. The number of hydrogen-bond acceptors (Lipinski definition) is 3. The first-order chi connectivity index (χ1) is 10.2. The summed E-state index contributed by atoms with van der Waals surface area (Å²) in [5, 5.41) is 6.29. The summed E-state index contributed by atoms with van der Waals surface area (Å²) >= 11 is 0. The molecule has 22 heavy (non-hydrogen) atoms. The van der Waals surface area contributed by atoms with E-state index in [1.165, 1.54) is 6.07 Å². The van der Waals surface area contributed by atoms with Gasteiger partial charge in [-0.15, -0.1) is 0 Å². The van der Waals surface area contributed by atoms with Gasteiger partial charge in [0.05, 0.1) is 4.90 Å². The van der Waals surface area contributed by atoms with E-state index in [9.17, 15) is 17.6 Å². The van der Waals surface area contributed by atoms with Crippen molar-refractivity contribution >= 4 is 15.9 Å². The van der Waals surface area contributed by atoms with Crippen molar-refractivity contribution in [1.29, 1.82) is 0 Å². The molecule has 1 aliphatic heterocycles. The van der Waals surface area contributed by atoms with Gasteiger partial charge in [-0.2, -0.15) is 0 Å². The van der Waals surface area contributed by atoms with Crippen LogP contribution in [0, 0.1) is 11.7 Å². The third kappa shape index (κ3) is 2.92. The third-order valence-electron chi connectivity index (χ3n) is 4.13. The molecule has 1 aliphatic rings. The molecule has 8 heteroatoms. The lowest BCUT2D eigenvalue weighted by Crippen LogP contribution is -2.46. The van der Waals surface area contributed by atoms with Crippen LogP contribution < -0.4 is 0 Å². The Morgan fingerprint density at radius 3 is 2.45 bits per heavy atom. The van der Waals surface area contributed by atoms with Crippen molar-refractivity contribution in [3.05, 3.63) is 30.1 Å². The predicted molar refractivity (Wildman–Crippen MR) is 75.4 cm³/mol. The maximum atomic E-state index is 15.0. The quantitative estimate of drug-likeness (QED) is 0.923. The van der Waals surface area contributed by atoms with E-state index in [-0.39, 0.29) is 25.9 Å². The summed E-state index contributed by atoms with van der Waals surface area (Å²) in [6.07, 6.45) is -0.895. The van der Waals surface area contributed by atoms with Gasteiger partial charge in [-0.05, 0) is 38.0 Å². The van der Waals surface area contributed by atoms with Crippen molar-refractivity contribution in [2.24, 2.45) is 5.92 Å². The van der Waals surface area contributed by atoms with E-state index in [2.05, 4.69) is 0 Å². The zero-order valence-electron chi connectivity index (χ0n) is 12.0. The van der Waals surface area contributed by atoms with E-state index in [0.717, 1.165) is 30.0 Å². The van der Waals surface area contributed by atoms with Crippen LogP contribution in [-0.2, 0) is 9.84 Å². The lowest BCUT2D eigenvalue weighted by Gasteiger charge is -2.36. The SMILES string of the molecule is CC(F)(C1CCN(C(=O)O)CC1)S(=O)(=O)c1cccc(F)c1. The molecule has 0 bridgehead atoms. The van der Waals surface area contributed by atoms with Crippen LogP contribution in [0.2, 0.25) is 0 Å². The van der Waals surface area contributed by atoms with Gasteiger partial charge in [0.1, 0.15) is 5.82 Å². The van der Waals surface area contributed by atoms with Crippen LogP contribution in [0.4, 0.5) is 13.6 Å². The average Bonchev–Trinajstić information content (AvgIpc) is 2.47. The van der Waals surface area contributed by atoms with Crippen LogP contribution in [0.25, 0.3) is 0 Å². The molecule has 1 saturated heterocycles. The Morgan fingerprint density at radius 2 is 1.95 bits per heavy atom. The summed E-state index contributed by atoms with van der Waals surface area (Å²) in [7, 11) is -4.37. The number of sulfone groups is 1. The molecule has 2 rings (SSSR count). The molecule has 0 radical (unpaired) electrons. The first-order valence-corrected chi connectivity index (χ1v) is 8.31. The molecule has 122 valence electrons. The van der Waals surface area contributed by atoms with Crippen molar-refractivity contribution in [3.8, 4) is 0 Å². The van der Waals surface area contributed by atoms with E-state index in [1.807, 2.05) is 0 Å². The van der Waals surface area contributed by atoms with Crippen LogP contribution in [0.15, 0.2) is 29.2 Å². The van der Waals surface area contributed by atoms with Crippen molar-refractivity contribution in [1.82, 2.24) is 4.90 Å². The first kappa shape index (κ1) is 16.7. The fourth-order valence-electron chi connectivity index (χ4n) is 2.67. The van der Waals surface area contributed by atoms with Gasteiger partial charge in [-0.1, -0.05) is 6.07 Å². The van der Waals surface area contributed by atoms with Crippen LogP contribution in [0.5, 0.6) is 0 Å². The van der Waals surface area contributed by atoms with E-state index in [0.29, 0.717) is 0 Å². The maximum Gasteiger partial charge on any atom is 0.407 e. The smallest absolute Gasteiger partial charge is 0.407 e. The molecule has 0 aromatic heterocycles. The number of alkyl halides is 1. The summed E-state index contributed by atoms with van der Waals surface area (Å²) < 4.78 is 53.1. The summed E-state index contributed by atoms with van der Waals surface area (Å²) in [6.45, 7) is 1.13. The maximum absolute atomic E-state index is 15.0. The monoisotopic (exact) mass is 333 g/mol. The number of halogens is 2. The van der Waals surface area contributed by atoms with Gasteiger partial charge < -0.3 is 10.0 Å². The van der Waals surface area contributed by atoms with Gasteiger partial charge in [0, 0.05) is 19.0 Å². The van der Waals surface area contributed by atoms with Gasteiger partial charge >= 0.3 is 6.09 Å². The van der Waals surface area contributed by atoms with E-state index < -0.39 is 37.6 Å². The zero-order valence-corrected chi connectivity index (χ0v) is 12.8.